The van der Waals surface area contributed by atoms with E-state index in [9.17, 15) is 0 Å². The predicted molar refractivity (Wildman–Crippen MR) is 76.1 cm³/mol. The topological polar surface area (TPSA) is 69.1 Å². The SMILES string of the molecule is NC(CCS)=Nc1cn(-c2cccnc2)nc1Cl. The van der Waals surface area contributed by atoms with Crippen LogP contribution in [0.1, 0.15) is 6.42 Å². The Hall–Kier alpha value is -1.53. The lowest BCUT2D eigenvalue weighted by Gasteiger charge is -1.97. The Bertz CT molecular complexity index is 552. The fourth-order valence-electron chi connectivity index (χ4n) is 1.37. The second-order valence-electron chi connectivity index (χ2n) is 3.54. The van der Waals surface area contributed by atoms with Gasteiger partial charge >= 0.3 is 0 Å². The van der Waals surface area contributed by atoms with Crippen molar-refractivity contribution in [3.8, 4) is 5.69 Å². The number of rotatable bonds is 4. The van der Waals surface area contributed by atoms with E-state index in [0.717, 1.165) is 5.69 Å². The molecule has 0 saturated carbocycles. The van der Waals surface area contributed by atoms with E-state index in [4.69, 9.17) is 17.3 Å². The second kappa shape index (κ2) is 5.88. The highest BCUT2D eigenvalue weighted by molar-refractivity contribution is 7.80. The summed E-state index contributed by atoms with van der Waals surface area (Å²) in [5, 5.41) is 4.46. The summed E-state index contributed by atoms with van der Waals surface area (Å²) in [4.78, 5) is 8.22. The summed E-state index contributed by atoms with van der Waals surface area (Å²) in [6.07, 6.45) is 5.70. The lowest BCUT2D eigenvalue weighted by Crippen LogP contribution is -2.11. The Morgan fingerprint density at radius 2 is 2.39 bits per heavy atom. The molecule has 0 radical (unpaired) electrons. The molecule has 0 saturated heterocycles. The van der Waals surface area contributed by atoms with Crippen molar-refractivity contribution in [1.82, 2.24) is 14.8 Å². The molecule has 94 valence electrons. The highest BCUT2D eigenvalue weighted by Crippen LogP contribution is 2.24. The van der Waals surface area contributed by atoms with Crippen molar-refractivity contribution < 1.29 is 0 Å². The zero-order valence-electron chi connectivity index (χ0n) is 9.49. The van der Waals surface area contributed by atoms with Crippen LogP contribution in [0.2, 0.25) is 5.15 Å². The van der Waals surface area contributed by atoms with E-state index >= 15 is 0 Å². The molecule has 2 aromatic heterocycles. The Balaban J connectivity index is 2.30. The number of thiol groups is 1. The molecule has 18 heavy (non-hydrogen) atoms. The van der Waals surface area contributed by atoms with Crippen molar-refractivity contribution >= 4 is 35.8 Å². The molecule has 2 heterocycles. The van der Waals surface area contributed by atoms with E-state index in [1.54, 1.807) is 23.3 Å². The molecule has 2 N–H and O–H groups in total. The van der Waals surface area contributed by atoms with Crippen LogP contribution < -0.4 is 5.73 Å². The number of aliphatic imine (C=N–C) groups is 1. The number of halogens is 1. The van der Waals surface area contributed by atoms with Gasteiger partial charge < -0.3 is 5.73 Å². The van der Waals surface area contributed by atoms with Gasteiger partial charge in [-0.25, -0.2) is 9.67 Å². The third-order valence-corrected chi connectivity index (χ3v) is 2.69. The van der Waals surface area contributed by atoms with Crippen LogP contribution in [0.25, 0.3) is 5.69 Å². The molecule has 0 aliphatic carbocycles. The van der Waals surface area contributed by atoms with Crippen LogP contribution >= 0.6 is 24.2 Å². The molecule has 0 unspecified atom stereocenters. The summed E-state index contributed by atoms with van der Waals surface area (Å²) in [5.41, 5.74) is 7.08. The zero-order chi connectivity index (χ0) is 13.0. The summed E-state index contributed by atoms with van der Waals surface area (Å²) in [5.74, 6) is 1.13. The van der Waals surface area contributed by atoms with Gasteiger partial charge in [-0.15, -0.1) is 0 Å². The van der Waals surface area contributed by atoms with Gasteiger partial charge in [-0.2, -0.15) is 17.7 Å². The second-order valence-corrected chi connectivity index (χ2v) is 4.34. The summed E-state index contributed by atoms with van der Waals surface area (Å²) in [7, 11) is 0. The average Bonchev–Trinajstić information content (AvgIpc) is 2.72. The van der Waals surface area contributed by atoms with Gasteiger partial charge in [0.05, 0.1) is 18.1 Å². The van der Waals surface area contributed by atoms with Crippen LogP contribution in [0, 0.1) is 0 Å². The molecular formula is C11H12ClN5S. The van der Waals surface area contributed by atoms with E-state index in [1.807, 2.05) is 12.1 Å². The van der Waals surface area contributed by atoms with Crippen molar-refractivity contribution in [2.24, 2.45) is 10.7 Å². The highest BCUT2D eigenvalue weighted by Gasteiger charge is 2.07. The van der Waals surface area contributed by atoms with Crippen LogP contribution in [-0.4, -0.2) is 26.4 Å². The van der Waals surface area contributed by atoms with Gasteiger partial charge in [0.2, 0.25) is 0 Å². The smallest absolute Gasteiger partial charge is 0.177 e. The third kappa shape index (κ3) is 3.02. The monoisotopic (exact) mass is 281 g/mol. The molecule has 2 aromatic rings. The van der Waals surface area contributed by atoms with E-state index < -0.39 is 0 Å². The maximum Gasteiger partial charge on any atom is 0.177 e. The average molecular weight is 282 g/mol. The zero-order valence-corrected chi connectivity index (χ0v) is 11.1. The Morgan fingerprint density at radius 1 is 1.56 bits per heavy atom. The standard InChI is InChI=1S/C11H12ClN5S/c12-11-9(15-10(13)3-5-18)7-17(16-11)8-2-1-4-14-6-8/h1-2,4,6-7,18H,3,5H2,(H2,13,15). The number of pyridine rings is 1. The molecule has 0 aliphatic heterocycles. The van der Waals surface area contributed by atoms with E-state index in [-0.39, 0.29) is 0 Å². The summed E-state index contributed by atoms with van der Waals surface area (Å²) >= 11 is 10.1. The molecule has 2 rings (SSSR count). The number of hydrogen-bond acceptors (Lipinski definition) is 4. The Labute approximate surface area is 115 Å². The minimum Gasteiger partial charge on any atom is -0.387 e. The van der Waals surface area contributed by atoms with Gasteiger partial charge in [-0.1, -0.05) is 11.6 Å². The molecule has 0 aromatic carbocycles. The molecule has 0 atom stereocenters. The van der Waals surface area contributed by atoms with Crippen molar-refractivity contribution in [3.63, 3.8) is 0 Å². The normalized spacial score (nSPS) is 11.8. The number of nitrogens with two attached hydrogens (primary N) is 1. The predicted octanol–water partition coefficient (Wildman–Crippen LogP) is 2.23. The highest BCUT2D eigenvalue weighted by atomic mass is 35.5. The molecular weight excluding hydrogens is 270 g/mol. The number of nitrogens with zero attached hydrogens (tertiary/aromatic N) is 4. The van der Waals surface area contributed by atoms with E-state index in [2.05, 4.69) is 27.7 Å². The van der Waals surface area contributed by atoms with Gasteiger partial charge in [-0.05, 0) is 17.9 Å². The van der Waals surface area contributed by atoms with Crippen molar-refractivity contribution in [2.45, 2.75) is 6.42 Å². The lowest BCUT2D eigenvalue weighted by atomic mass is 10.4. The molecule has 0 spiro atoms. The summed E-state index contributed by atoms with van der Waals surface area (Å²) in [6.45, 7) is 0. The van der Waals surface area contributed by atoms with Gasteiger partial charge in [0.1, 0.15) is 11.5 Å². The van der Waals surface area contributed by atoms with Crippen molar-refractivity contribution in [3.05, 3.63) is 35.9 Å². The van der Waals surface area contributed by atoms with Crippen LogP contribution in [0.15, 0.2) is 35.7 Å². The van der Waals surface area contributed by atoms with E-state index in [0.29, 0.717) is 28.8 Å². The van der Waals surface area contributed by atoms with Crippen LogP contribution in [0.5, 0.6) is 0 Å². The number of hydrogen-bond donors (Lipinski definition) is 2. The van der Waals surface area contributed by atoms with Gasteiger partial charge in [0, 0.05) is 12.6 Å². The molecule has 5 nitrogen and oxygen atoms in total. The van der Waals surface area contributed by atoms with Gasteiger partial charge in [0.25, 0.3) is 0 Å². The first-order chi connectivity index (χ1) is 8.70. The van der Waals surface area contributed by atoms with Gasteiger partial charge in [-0.3, -0.25) is 4.98 Å². The fraction of sp³-hybridized carbons (Fsp3) is 0.182. The minimum absolute atomic E-state index is 0.306. The van der Waals surface area contributed by atoms with E-state index in [1.165, 1.54) is 0 Å². The first-order valence-corrected chi connectivity index (χ1v) is 6.31. The molecule has 0 amide bonds. The molecule has 0 fully saturated rings. The largest absolute Gasteiger partial charge is 0.387 e. The third-order valence-electron chi connectivity index (χ3n) is 2.19. The van der Waals surface area contributed by atoms with Gasteiger partial charge in [0.15, 0.2) is 5.15 Å². The summed E-state index contributed by atoms with van der Waals surface area (Å²) < 4.78 is 1.61. The Morgan fingerprint density at radius 3 is 3.06 bits per heavy atom. The molecule has 0 aliphatic rings. The fourth-order valence-corrected chi connectivity index (χ4v) is 1.77. The maximum absolute atomic E-state index is 6.00. The molecule has 0 bridgehead atoms. The maximum atomic E-state index is 6.00. The van der Waals surface area contributed by atoms with Crippen molar-refractivity contribution in [2.75, 3.05) is 5.75 Å². The Kier molecular flexibility index (Phi) is 4.22. The van der Waals surface area contributed by atoms with Crippen molar-refractivity contribution in [1.29, 1.82) is 0 Å². The van der Waals surface area contributed by atoms with Crippen LogP contribution in [0.4, 0.5) is 5.69 Å². The van der Waals surface area contributed by atoms with Crippen LogP contribution in [-0.2, 0) is 0 Å². The first-order valence-electron chi connectivity index (χ1n) is 5.30. The van der Waals surface area contributed by atoms with Crippen LogP contribution in [0.3, 0.4) is 0 Å². The summed E-state index contributed by atoms with van der Waals surface area (Å²) in [6, 6.07) is 3.70. The first kappa shape index (κ1) is 12.9. The lowest BCUT2D eigenvalue weighted by molar-refractivity contribution is 0.874. The quantitative estimate of drug-likeness (QED) is 0.513. The number of amidine groups is 1. The number of aromatic nitrogens is 3. The minimum atomic E-state index is 0.306. The molecule has 7 heteroatoms.